The molecule has 4 heteroatoms. The van der Waals surface area contributed by atoms with Crippen LogP contribution >= 0.6 is 11.3 Å². The summed E-state index contributed by atoms with van der Waals surface area (Å²) in [6.07, 6.45) is 5.77. The predicted octanol–water partition coefficient (Wildman–Crippen LogP) is 1.69. The molecule has 0 atom stereocenters. The van der Waals surface area contributed by atoms with E-state index in [0.29, 0.717) is 6.54 Å². The van der Waals surface area contributed by atoms with Crippen LogP contribution in [0.4, 0.5) is 0 Å². The fourth-order valence-corrected chi connectivity index (χ4v) is 2.29. The topological polar surface area (TPSA) is 43.8 Å². The van der Waals surface area contributed by atoms with Crippen LogP contribution in [0.15, 0.2) is 30.0 Å². The van der Waals surface area contributed by atoms with Gasteiger partial charge in [0.2, 0.25) is 0 Å². The zero-order chi connectivity index (χ0) is 10.5. The molecule has 0 spiro atoms. The highest BCUT2D eigenvalue weighted by Crippen LogP contribution is 2.11. The van der Waals surface area contributed by atoms with Gasteiger partial charge in [-0.05, 0) is 24.4 Å². The number of nitrogens with zero attached hydrogens (tertiary/aromatic N) is 2. The monoisotopic (exact) mass is 221 g/mol. The molecule has 0 radical (unpaired) electrons. The summed E-state index contributed by atoms with van der Waals surface area (Å²) in [5, 5.41) is 2.12. The third kappa shape index (κ3) is 2.67. The van der Waals surface area contributed by atoms with Gasteiger partial charge in [0.25, 0.3) is 0 Å². The highest BCUT2D eigenvalue weighted by molar-refractivity contribution is 7.09. The van der Waals surface area contributed by atoms with E-state index in [1.54, 1.807) is 11.3 Å². The second kappa shape index (κ2) is 5.09. The summed E-state index contributed by atoms with van der Waals surface area (Å²) < 4.78 is 2.19. The van der Waals surface area contributed by atoms with Crippen LogP contribution in [0.2, 0.25) is 0 Å². The van der Waals surface area contributed by atoms with Crippen molar-refractivity contribution >= 4 is 11.3 Å². The Kier molecular flexibility index (Phi) is 3.53. The number of nitrogens with two attached hydrogens (primary N) is 1. The highest BCUT2D eigenvalue weighted by Gasteiger charge is 2.01. The van der Waals surface area contributed by atoms with E-state index in [-0.39, 0.29) is 0 Å². The maximum absolute atomic E-state index is 5.54. The number of aryl methyl sites for hydroxylation is 2. The Labute approximate surface area is 93.6 Å². The minimum absolute atomic E-state index is 0.685. The van der Waals surface area contributed by atoms with Gasteiger partial charge >= 0.3 is 0 Å². The van der Waals surface area contributed by atoms with Crippen molar-refractivity contribution in [2.24, 2.45) is 5.73 Å². The van der Waals surface area contributed by atoms with Crippen molar-refractivity contribution in [2.75, 3.05) is 6.54 Å². The lowest BCUT2D eigenvalue weighted by atomic mass is 10.3. The summed E-state index contributed by atoms with van der Waals surface area (Å²) in [4.78, 5) is 5.57. The van der Waals surface area contributed by atoms with E-state index in [9.17, 15) is 0 Å². The van der Waals surface area contributed by atoms with E-state index in [1.165, 1.54) is 10.6 Å². The SMILES string of the molecule is NCCc1cncn1CCc1cccs1. The maximum atomic E-state index is 5.54. The van der Waals surface area contributed by atoms with E-state index in [1.807, 2.05) is 12.5 Å². The fourth-order valence-electron chi connectivity index (χ4n) is 1.59. The summed E-state index contributed by atoms with van der Waals surface area (Å²) in [6.45, 7) is 1.68. The summed E-state index contributed by atoms with van der Waals surface area (Å²) in [7, 11) is 0. The summed E-state index contributed by atoms with van der Waals surface area (Å²) >= 11 is 1.81. The van der Waals surface area contributed by atoms with Gasteiger partial charge in [0.15, 0.2) is 0 Å². The van der Waals surface area contributed by atoms with E-state index in [2.05, 4.69) is 27.1 Å². The minimum atomic E-state index is 0.685. The number of hydrogen-bond acceptors (Lipinski definition) is 3. The van der Waals surface area contributed by atoms with Gasteiger partial charge in [-0.25, -0.2) is 4.98 Å². The number of hydrogen-bond donors (Lipinski definition) is 1. The lowest BCUT2D eigenvalue weighted by Crippen LogP contribution is -2.09. The van der Waals surface area contributed by atoms with Crippen LogP contribution in [-0.2, 0) is 19.4 Å². The molecule has 2 aromatic rings. The van der Waals surface area contributed by atoms with E-state index >= 15 is 0 Å². The van der Waals surface area contributed by atoms with E-state index < -0.39 is 0 Å². The third-order valence-corrected chi connectivity index (χ3v) is 3.31. The van der Waals surface area contributed by atoms with Gasteiger partial charge < -0.3 is 10.3 Å². The molecule has 0 aliphatic carbocycles. The van der Waals surface area contributed by atoms with Gasteiger partial charge in [-0.1, -0.05) is 6.07 Å². The molecule has 0 unspecified atom stereocenters. The number of aromatic nitrogens is 2. The molecule has 3 nitrogen and oxygen atoms in total. The first-order valence-electron chi connectivity index (χ1n) is 5.11. The first-order chi connectivity index (χ1) is 7.40. The predicted molar refractivity (Wildman–Crippen MR) is 63.0 cm³/mol. The summed E-state index contributed by atoms with van der Waals surface area (Å²) in [5.74, 6) is 0. The molecule has 0 saturated carbocycles. The fraction of sp³-hybridized carbons (Fsp3) is 0.364. The molecule has 0 aliphatic heterocycles. The Bertz CT molecular complexity index is 392. The van der Waals surface area contributed by atoms with Gasteiger partial charge in [-0.2, -0.15) is 0 Å². The molecule has 0 bridgehead atoms. The Morgan fingerprint density at radius 3 is 3.07 bits per heavy atom. The second-order valence-electron chi connectivity index (χ2n) is 3.45. The van der Waals surface area contributed by atoms with Crippen molar-refractivity contribution in [2.45, 2.75) is 19.4 Å². The van der Waals surface area contributed by atoms with E-state index in [4.69, 9.17) is 5.73 Å². The van der Waals surface area contributed by atoms with Gasteiger partial charge in [0.1, 0.15) is 0 Å². The van der Waals surface area contributed by atoms with Gasteiger partial charge in [-0.3, -0.25) is 0 Å². The van der Waals surface area contributed by atoms with Crippen molar-refractivity contribution in [1.29, 1.82) is 0 Å². The quantitative estimate of drug-likeness (QED) is 0.835. The molecule has 2 aromatic heterocycles. The minimum Gasteiger partial charge on any atom is -0.334 e. The molecule has 15 heavy (non-hydrogen) atoms. The van der Waals surface area contributed by atoms with Crippen LogP contribution in [0.1, 0.15) is 10.6 Å². The molecule has 2 heterocycles. The standard InChI is InChI=1S/C11H15N3S/c12-5-3-10-8-13-9-14(10)6-4-11-2-1-7-15-11/h1-2,7-9H,3-6,12H2. The largest absolute Gasteiger partial charge is 0.334 e. The molecule has 0 fully saturated rings. The number of thiophene rings is 1. The van der Waals surface area contributed by atoms with Crippen LogP contribution in [0.5, 0.6) is 0 Å². The average Bonchev–Trinajstić information content (AvgIpc) is 2.85. The molecule has 0 aliphatic rings. The summed E-state index contributed by atoms with van der Waals surface area (Å²) in [5.41, 5.74) is 6.77. The van der Waals surface area contributed by atoms with Gasteiger partial charge in [0, 0.05) is 29.7 Å². The normalized spacial score (nSPS) is 10.7. The second-order valence-corrected chi connectivity index (χ2v) is 4.48. The highest BCUT2D eigenvalue weighted by atomic mass is 32.1. The van der Waals surface area contributed by atoms with Gasteiger partial charge in [-0.15, -0.1) is 11.3 Å². The lowest BCUT2D eigenvalue weighted by molar-refractivity contribution is 0.662. The van der Waals surface area contributed by atoms with Crippen LogP contribution in [-0.4, -0.2) is 16.1 Å². The third-order valence-electron chi connectivity index (χ3n) is 2.38. The Hall–Kier alpha value is -1.13. The lowest BCUT2D eigenvalue weighted by Gasteiger charge is -2.05. The molecule has 2 N–H and O–H groups in total. The average molecular weight is 221 g/mol. The van der Waals surface area contributed by atoms with Crippen LogP contribution in [0, 0.1) is 0 Å². The van der Waals surface area contributed by atoms with Crippen LogP contribution in [0.3, 0.4) is 0 Å². The summed E-state index contributed by atoms with van der Waals surface area (Å²) in [6, 6.07) is 4.26. The number of imidazole rings is 1. The Morgan fingerprint density at radius 1 is 1.40 bits per heavy atom. The zero-order valence-corrected chi connectivity index (χ0v) is 9.41. The molecular formula is C11H15N3S. The Morgan fingerprint density at radius 2 is 2.33 bits per heavy atom. The van der Waals surface area contributed by atoms with Crippen molar-refractivity contribution in [3.63, 3.8) is 0 Å². The first-order valence-corrected chi connectivity index (χ1v) is 5.99. The molecule has 0 aromatic carbocycles. The molecule has 0 saturated heterocycles. The van der Waals surface area contributed by atoms with E-state index in [0.717, 1.165) is 19.4 Å². The maximum Gasteiger partial charge on any atom is 0.0948 e. The van der Waals surface area contributed by atoms with Gasteiger partial charge in [0.05, 0.1) is 6.33 Å². The number of rotatable bonds is 5. The molecule has 0 amide bonds. The Balaban J connectivity index is 1.95. The smallest absolute Gasteiger partial charge is 0.0948 e. The van der Waals surface area contributed by atoms with Crippen molar-refractivity contribution in [3.05, 3.63) is 40.6 Å². The molecule has 80 valence electrons. The van der Waals surface area contributed by atoms with Crippen LogP contribution < -0.4 is 5.73 Å². The first kappa shape index (κ1) is 10.4. The van der Waals surface area contributed by atoms with Crippen LogP contribution in [0.25, 0.3) is 0 Å². The molecular weight excluding hydrogens is 206 g/mol. The van der Waals surface area contributed by atoms with Crippen molar-refractivity contribution in [3.8, 4) is 0 Å². The molecule has 2 rings (SSSR count). The van der Waals surface area contributed by atoms with Crippen molar-refractivity contribution in [1.82, 2.24) is 9.55 Å². The zero-order valence-electron chi connectivity index (χ0n) is 8.60. The van der Waals surface area contributed by atoms with Crippen molar-refractivity contribution < 1.29 is 0 Å².